The molecule has 1 N–H and O–H groups in total. The molecule has 0 aliphatic carbocycles. The van der Waals surface area contributed by atoms with Crippen LogP contribution in [0.1, 0.15) is 20.3 Å². The van der Waals surface area contributed by atoms with Crippen LogP contribution in [0.4, 0.5) is 0 Å². The molecular weight excluding hydrogens is 290 g/mol. The number of halogens is 1. The third-order valence-corrected chi connectivity index (χ3v) is 5.29. The van der Waals surface area contributed by atoms with Gasteiger partial charge in [-0.25, -0.2) is 8.42 Å². The number of carboxylic acids is 1. The van der Waals surface area contributed by atoms with Gasteiger partial charge in [0.15, 0.2) is 0 Å². The summed E-state index contributed by atoms with van der Waals surface area (Å²) < 4.78 is 26.1. The molecule has 0 amide bonds. The molecule has 0 bridgehead atoms. The van der Waals surface area contributed by atoms with Crippen molar-refractivity contribution < 1.29 is 18.3 Å². The lowest BCUT2D eigenvalue weighted by Gasteiger charge is -2.26. The highest BCUT2D eigenvalue weighted by Crippen LogP contribution is 2.25. The van der Waals surface area contributed by atoms with Crippen LogP contribution in [-0.4, -0.2) is 36.4 Å². The number of hydrogen-bond acceptors (Lipinski definition) is 3. The molecular formula is C12H16ClNO4S. The highest BCUT2D eigenvalue weighted by Gasteiger charge is 2.30. The number of carbonyl (C=O) groups is 1. The first kappa shape index (κ1) is 15.9. The Bertz CT molecular complexity index is 559. The summed E-state index contributed by atoms with van der Waals surface area (Å²) >= 11 is 5.90. The topological polar surface area (TPSA) is 74.7 Å². The van der Waals surface area contributed by atoms with E-state index in [-0.39, 0.29) is 22.9 Å². The molecule has 1 atom stereocenters. The Morgan fingerprint density at radius 1 is 1.42 bits per heavy atom. The lowest BCUT2D eigenvalue weighted by atomic mass is 10.2. The van der Waals surface area contributed by atoms with Crippen molar-refractivity contribution in [2.45, 2.75) is 31.2 Å². The van der Waals surface area contributed by atoms with Crippen LogP contribution >= 0.6 is 11.6 Å². The highest BCUT2D eigenvalue weighted by atomic mass is 35.5. The molecule has 19 heavy (non-hydrogen) atoms. The minimum absolute atomic E-state index is 0.00393. The highest BCUT2D eigenvalue weighted by molar-refractivity contribution is 7.89. The molecule has 1 aromatic rings. The van der Waals surface area contributed by atoms with E-state index in [2.05, 4.69) is 0 Å². The average Bonchev–Trinajstić information content (AvgIpc) is 2.28. The summed E-state index contributed by atoms with van der Waals surface area (Å²) in [6.07, 6.45) is -0.252. The van der Waals surface area contributed by atoms with Gasteiger partial charge in [0.2, 0.25) is 10.0 Å². The molecule has 0 fully saturated rings. The number of rotatable bonds is 6. The number of carboxylic acid groups (broad SMARTS) is 1. The lowest BCUT2D eigenvalue weighted by Crippen LogP contribution is -2.39. The number of nitrogens with zero attached hydrogens (tertiary/aromatic N) is 1. The Morgan fingerprint density at radius 2 is 2.00 bits per heavy atom. The number of hydrogen-bond donors (Lipinski definition) is 1. The number of benzene rings is 1. The Labute approximate surface area is 117 Å². The Morgan fingerprint density at radius 3 is 2.47 bits per heavy atom. The van der Waals surface area contributed by atoms with Gasteiger partial charge in [-0.3, -0.25) is 4.79 Å². The first-order chi connectivity index (χ1) is 8.80. The first-order valence-electron chi connectivity index (χ1n) is 5.78. The van der Waals surface area contributed by atoms with Crippen molar-refractivity contribution >= 4 is 27.6 Å². The Balaban J connectivity index is 3.16. The van der Waals surface area contributed by atoms with E-state index in [1.165, 1.54) is 12.1 Å². The van der Waals surface area contributed by atoms with Crippen LogP contribution in [0, 0.1) is 0 Å². The van der Waals surface area contributed by atoms with E-state index in [1.807, 2.05) is 0 Å². The predicted octanol–water partition coefficient (Wildman–Crippen LogP) is 2.21. The van der Waals surface area contributed by atoms with Crippen molar-refractivity contribution in [3.63, 3.8) is 0 Å². The van der Waals surface area contributed by atoms with Crippen LogP contribution in [0.15, 0.2) is 29.2 Å². The second-order valence-electron chi connectivity index (χ2n) is 4.09. The van der Waals surface area contributed by atoms with Gasteiger partial charge in [-0.1, -0.05) is 30.7 Å². The largest absolute Gasteiger partial charge is 0.481 e. The standard InChI is InChI=1S/C12H16ClNO4S/c1-3-14(9(2)8-12(15)16)19(17,18)11-7-5-4-6-10(11)13/h4-7,9H,3,8H2,1-2H3,(H,15,16). The number of aliphatic carboxylic acids is 1. The summed E-state index contributed by atoms with van der Waals surface area (Å²) in [4.78, 5) is 10.7. The van der Waals surface area contributed by atoms with E-state index >= 15 is 0 Å². The molecule has 7 heteroatoms. The average molecular weight is 306 g/mol. The molecule has 0 aliphatic heterocycles. The van der Waals surface area contributed by atoms with Crippen molar-refractivity contribution in [2.24, 2.45) is 0 Å². The number of sulfonamides is 1. The maximum absolute atomic E-state index is 12.5. The summed E-state index contributed by atoms with van der Waals surface area (Å²) in [5.41, 5.74) is 0. The van der Waals surface area contributed by atoms with E-state index < -0.39 is 22.0 Å². The molecule has 1 unspecified atom stereocenters. The minimum Gasteiger partial charge on any atom is -0.481 e. The van der Waals surface area contributed by atoms with Gasteiger partial charge in [0.25, 0.3) is 0 Å². The second-order valence-corrected chi connectivity index (χ2v) is 6.35. The molecule has 1 rings (SSSR count). The Kier molecular flexibility index (Phi) is 5.34. The van der Waals surface area contributed by atoms with Crippen molar-refractivity contribution in [1.29, 1.82) is 0 Å². The van der Waals surface area contributed by atoms with Gasteiger partial charge in [-0.2, -0.15) is 4.31 Å². The third kappa shape index (κ3) is 3.68. The smallest absolute Gasteiger partial charge is 0.304 e. The molecule has 0 saturated heterocycles. The van der Waals surface area contributed by atoms with E-state index in [0.29, 0.717) is 0 Å². The van der Waals surface area contributed by atoms with Crippen LogP contribution in [0.5, 0.6) is 0 Å². The predicted molar refractivity (Wildman–Crippen MR) is 72.7 cm³/mol. The molecule has 106 valence electrons. The monoisotopic (exact) mass is 305 g/mol. The van der Waals surface area contributed by atoms with Gasteiger partial charge in [0.1, 0.15) is 4.90 Å². The van der Waals surface area contributed by atoms with Gasteiger partial charge in [0, 0.05) is 12.6 Å². The molecule has 0 aliphatic rings. The zero-order valence-electron chi connectivity index (χ0n) is 10.7. The maximum atomic E-state index is 12.5. The van der Waals surface area contributed by atoms with Crippen LogP contribution < -0.4 is 0 Å². The molecule has 1 aromatic carbocycles. The van der Waals surface area contributed by atoms with Crippen molar-refractivity contribution in [1.82, 2.24) is 4.31 Å². The summed E-state index contributed by atoms with van der Waals surface area (Å²) in [6, 6.07) is 5.48. The van der Waals surface area contributed by atoms with Gasteiger partial charge in [0.05, 0.1) is 11.4 Å². The summed E-state index contributed by atoms with van der Waals surface area (Å²) in [5, 5.41) is 8.90. The van der Waals surface area contributed by atoms with Crippen LogP contribution in [0.3, 0.4) is 0 Å². The molecule has 0 radical (unpaired) electrons. The van der Waals surface area contributed by atoms with E-state index in [0.717, 1.165) is 4.31 Å². The van der Waals surface area contributed by atoms with Gasteiger partial charge in [-0.15, -0.1) is 0 Å². The van der Waals surface area contributed by atoms with Crippen molar-refractivity contribution in [2.75, 3.05) is 6.54 Å². The molecule has 0 spiro atoms. The van der Waals surface area contributed by atoms with Crippen LogP contribution in [0.2, 0.25) is 5.02 Å². The van der Waals surface area contributed by atoms with Crippen molar-refractivity contribution in [3.8, 4) is 0 Å². The normalized spacial score (nSPS) is 13.5. The fourth-order valence-corrected chi connectivity index (χ4v) is 3.99. The maximum Gasteiger partial charge on any atom is 0.304 e. The fraction of sp³-hybridized carbons (Fsp3) is 0.417. The zero-order chi connectivity index (χ0) is 14.6. The van der Waals surface area contributed by atoms with Gasteiger partial charge < -0.3 is 5.11 Å². The van der Waals surface area contributed by atoms with Crippen molar-refractivity contribution in [3.05, 3.63) is 29.3 Å². The van der Waals surface area contributed by atoms with Gasteiger partial charge in [-0.05, 0) is 19.1 Å². The van der Waals surface area contributed by atoms with Crippen LogP contribution in [-0.2, 0) is 14.8 Å². The van der Waals surface area contributed by atoms with E-state index in [9.17, 15) is 13.2 Å². The fourth-order valence-electron chi connectivity index (χ4n) is 1.85. The quantitative estimate of drug-likeness (QED) is 0.874. The molecule has 5 nitrogen and oxygen atoms in total. The van der Waals surface area contributed by atoms with E-state index in [1.54, 1.807) is 26.0 Å². The SMILES string of the molecule is CCN(C(C)CC(=O)O)S(=O)(=O)c1ccccc1Cl. The van der Waals surface area contributed by atoms with Crippen LogP contribution in [0.25, 0.3) is 0 Å². The van der Waals surface area contributed by atoms with Gasteiger partial charge >= 0.3 is 5.97 Å². The molecule has 0 aromatic heterocycles. The molecule has 0 saturated carbocycles. The van der Waals surface area contributed by atoms with E-state index in [4.69, 9.17) is 16.7 Å². The molecule has 0 heterocycles. The minimum atomic E-state index is -3.79. The summed E-state index contributed by atoms with van der Waals surface area (Å²) in [5.74, 6) is -1.04. The summed E-state index contributed by atoms with van der Waals surface area (Å²) in [7, 11) is -3.79. The lowest BCUT2D eigenvalue weighted by molar-refractivity contribution is -0.137. The zero-order valence-corrected chi connectivity index (χ0v) is 12.3. The third-order valence-electron chi connectivity index (χ3n) is 2.70. The Hall–Kier alpha value is -1.11. The first-order valence-corrected chi connectivity index (χ1v) is 7.60. The second kappa shape index (κ2) is 6.36. The summed E-state index contributed by atoms with van der Waals surface area (Å²) in [6.45, 7) is 3.40.